The van der Waals surface area contributed by atoms with Crippen molar-refractivity contribution in [2.45, 2.75) is 25.8 Å². The SMILES string of the molecule is COCC(C)(C)NCCCN(C)C. The van der Waals surface area contributed by atoms with E-state index in [-0.39, 0.29) is 5.54 Å². The van der Waals surface area contributed by atoms with Crippen LogP contribution in [0.15, 0.2) is 0 Å². The Morgan fingerprint density at radius 3 is 2.38 bits per heavy atom. The van der Waals surface area contributed by atoms with E-state index < -0.39 is 0 Å². The van der Waals surface area contributed by atoms with Gasteiger partial charge in [-0.15, -0.1) is 0 Å². The van der Waals surface area contributed by atoms with Crippen LogP contribution in [-0.4, -0.2) is 51.3 Å². The van der Waals surface area contributed by atoms with Gasteiger partial charge < -0.3 is 15.0 Å². The molecule has 0 radical (unpaired) electrons. The normalized spacial score (nSPS) is 12.5. The number of hydrogen-bond donors (Lipinski definition) is 1. The van der Waals surface area contributed by atoms with Gasteiger partial charge in [0.1, 0.15) is 0 Å². The fraction of sp³-hybridized carbons (Fsp3) is 1.00. The first-order valence-electron chi connectivity index (χ1n) is 4.86. The van der Waals surface area contributed by atoms with E-state index in [2.05, 4.69) is 38.2 Å². The van der Waals surface area contributed by atoms with E-state index >= 15 is 0 Å². The quantitative estimate of drug-likeness (QED) is 0.602. The van der Waals surface area contributed by atoms with Gasteiger partial charge in [0.15, 0.2) is 0 Å². The summed E-state index contributed by atoms with van der Waals surface area (Å²) < 4.78 is 5.11. The lowest BCUT2D eigenvalue weighted by atomic mass is 10.1. The molecule has 0 aromatic carbocycles. The van der Waals surface area contributed by atoms with E-state index in [1.165, 1.54) is 6.42 Å². The third-order valence-electron chi connectivity index (χ3n) is 1.89. The molecule has 0 aromatic rings. The van der Waals surface area contributed by atoms with Gasteiger partial charge in [0.2, 0.25) is 0 Å². The van der Waals surface area contributed by atoms with Crippen molar-refractivity contribution in [3.8, 4) is 0 Å². The highest BCUT2D eigenvalue weighted by Crippen LogP contribution is 2.01. The summed E-state index contributed by atoms with van der Waals surface area (Å²) in [4.78, 5) is 2.20. The lowest BCUT2D eigenvalue weighted by molar-refractivity contribution is 0.128. The molecular weight excluding hydrogens is 164 g/mol. The minimum Gasteiger partial charge on any atom is -0.383 e. The van der Waals surface area contributed by atoms with Crippen molar-refractivity contribution >= 4 is 0 Å². The summed E-state index contributed by atoms with van der Waals surface area (Å²) in [5.41, 5.74) is 0.0983. The van der Waals surface area contributed by atoms with Crippen LogP contribution in [0.25, 0.3) is 0 Å². The first kappa shape index (κ1) is 12.9. The van der Waals surface area contributed by atoms with Crippen molar-refractivity contribution in [1.29, 1.82) is 0 Å². The molecule has 0 aliphatic carbocycles. The smallest absolute Gasteiger partial charge is 0.0639 e. The maximum absolute atomic E-state index is 5.11. The fourth-order valence-corrected chi connectivity index (χ4v) is 1.23. The number of nitrogens with one attached hydrogen (secondary N) is 1. The molecule has 13 heavy (non-hydrogen) atoms. The van der Waals surface area contributed by atoms with Crippen LogP contribution in [0.2, 0.25) is 0 Å². The van der Waals surface area contributed by atoms with Crippen LogP contribution in [0, 0.1) is 0 Å². The second-order valence-electron chi connectivity index (χ2n) is 4.40. The Hall–Kier alpha value is -0.120. The van der Waals surface area contributed by atoms with E-state index in [4.69, 9.17) is 4.74 Å². The van der Waals surface area contributed by atoms with E-state index in [0.717, 1.165) is 19.7 Å². The second kappa shape index (κ2) is 6.35. The van der Waals surface area contributed by atoms with Crippen LogP contribution < -0.4 is 5.32 Å². The third-order valence-corrected chi connectivity index (χ3v) is 1.89. The predicted molar refractivity (Wildman–Crippen MR) is 57.1 cm³/mol. The summed E-state index contributed by atoms with van der Waals surface area (Å²) in [6.07, 6.45) is 1.18. The van der Waals surface area contributed by atoms with Crippen molar-refractivity contribution in [3.05, 3.63) is 0 Å². The van der Waals surface area contributed by atoms with Crippen LogP contribution >= 0.6 is 0 Å². The van der Waals surface area contributed by atoms with Gasteiger partial charge in [0.05, 0.1) is 6.61 Å². The first-order valence-corrected chi connectivity index (χ1v) is 4.86. The highest BCUT2D eigenvalue weighted by atomic mass is 16.5. The van der Waals surface area contributed by atoms with Gasteiger partial charge in [-0.1, -0.05) is 0 Å². The van der Waals surface area contributed by atoms with E-state index in [1.54, 1.807) is 7.11 Å². The summed E-state index contributed by atoms with van der Waals surface area (Å²) in [6, 6.07) is 0. The molecule has 0 unspecified atom stereocenters. The average Bonchev–Trinajstić information content (AvgIpc) is 1.98. The molecule has 0 bridgehead atoms. The molecule has 0 aliphatic rings. The third kappa shape index (κ3) is 8.22. The lowest BCUT2D eigenvalue weighted by Gasteiger charge is -2.25. The second-order valence-corrected chi connectivity index (χ2v) is 4.40. The largest absolute Gasteiger partial charge is 0.383 e. The summed E-state index contributed by atoms with van der Waals surface area (Å²) in [7, 11) is 5.93. The Bertz CT molecular complexity index is 124. The van der Waals surface area contributed by atoms with Crippen LogP contribution in [0.3, 0.4) is 0 Å². The van der Waals surface area contributed by atoms with Gasteiger partial charge in [0, 0.05) is 12.6 Å². The minimum absolute atomic E-state index is 0.0983. The number of rotatable bonds is 7. The van der Waals surface area contributed by atoms with Gasteiger partial charge in [-0.05, 0) is 47.5 Å². The molecule has 0 saturated heterocycles. The monoisotopic (exact) mass is 188 g/mol. The summed E-state index contributed by atoms with van der Waals surface area (Å²) in [5.74, 6) is 0. The van der Waals surface area contributed by atoms with Crippen molar-refractivity contribution in [1.82, 2.24) is 10.2 Å². The predicted octanol–water partition coefficient (Wildman–Crippen LogP) is 0.953. The lowest BCUT2D eigenvalue weighted by Crippen LogP contribution is -2.44. The molecule has 0 heterocycles. The molecule has 1 N–H and O–H groups in total. The van der Waals surface area contributed by atoms with Crippen molar-refractivity contribution in [2.75, 3.05) is 40.9 Å². The fourth-order valence-electron chi connectivity index (χ4n) is 1.23. The van der Waals surface area contributed by atoms with Gasteiger partial charge in [-0.2, -0.15) is 0 Å². The van der Waals surface area contributed by atoms with Crippen LogP contribution in [0.1, 0.15) is 20.3 Å². The van der Waals surface area contributed by atoms with Gasteiger partial charge in [-0.25, -0.2) is 0 Å². The first-order chi connectivity index (χ1) is 5.98. The maximum Gasteiger partial charge on any atom is 0.0639 e. The molecule has 0 fully saturated rings. The number of ether oxygens (including phenoxy) is 1. The summed E-state index contributed by atoms with van der Waals surface area (Å²) in [6.45, 7) is 7.26. The molecule has 3 nitrogen and oxygen atoms in total. The Labute approximate surface area is 82.4 Å². The zero-order valence-electron chi connectivity index (χ0n) is 9.68. The topological polar surface area (TPSA) is 24.5 Å². The Balaban J connectivity index is 3.40. The van der Waals surface area contributed by atoms with Crippen LogP contribution in [0.5, 0.6) is 0 Å². The number of hydrogen-bond acceptors (Lipinski definition) is 3. The summed E-state index contributed by atoms with van der Waals surface area (Å²) in [5, 5.41) is 3.46. The summed E-state index contributed by atoms with van der Waals surface area (Å²) >= 11 is 0. The Morgan fingerprint density at radius 1 is 1.31 bits per heavy atom. The minimum atomic E-state index is 0.0983. The number of nitrogens with zero attached hydrogens (tertiary/aromatic N) is 1. The van der Waals surface area contributed by atoms with Crippen LogP contribution in [-0.2, 0) is 4.74 Å². The average molecular weight is 188 g/mol. The van der Waals surface area contributed by atoms with E-state index in [1.807, 2.05) is 0 Å². The van der Waals surface area contributed by atoms with E-state index in [9.17, 15) is 0 Å². The van der Waals surface area contributed by atoms with Crippen LogP contribution in [0.4, 0.5) is 0 Å². The highest BCUT2D eigenvalue weighted by Gasteiger charge is 2.15. The highest BCUT2D eigenvalue weighted by molar-refractivity contribution is 4.76. The van der Waals surface area contributed by atoms with Gasteiger partial charge in [0.25, 0.3) is 0 Å². The Morgan fingerprint density at radius 2 is 1.92 bits per heavy atom. The molecule has 80 valence electrons. The molecular formula is C10H24N2O. The van der Waals surface area contributed by atoms with Crippen molar-refractivity contribution in [3.63, 3.8) is 0 Å². The molecule has 0 atom stereocenters. The van der Waals surface area contributed by atoms with Gasteiger partial charge in [-0.3, -0.25) is 0 Å². The van der Waals surface area contributed by atoms with Gasteiger partial charge >= 0.3 is 0 Å². The molecule has 0 aliphatic heterocycles. The van der Waals surface area contributed by atoms with Crippen molar-refractivity contribution in [2.24, 2.45) is 0 Å². The van der Waals surface area contributed by atoms with E-state index in [0.29, 0.717) is 0 Å². The zero-order valence-corrected chi connectivity index (χ0v) is 9.68. The standard InChI is InChI=1S/C10H24N2O/c1-10(2,9-13-5)11-7-6-8-12(3)4/h11H,6-9H2,1-5H3. The molecule has 0 amide bonds. The molecule has 0 spiro atoms. The number of methoxy groups -OCH3 is 1. The zero-order chi connectivity index (χ0) is 10.3. The molecule has 0 aromatic heterocycles. The molecule has 0 saturated carbocycles. The Kier molecular flexibility index (Phi) is 6.29. The maximum atomic E-state index is 5.11. The molecule has 3 heteroatoms. The van der Waals surface area contributed by atoms with Crippen molar-refractivity contribution < 1.29 is 4.74 Å². The molecule has 0 rings (SSSR count).